The monoisotopic (exact) mass is 241 g/mol. The van der Waals surface area contributed by atoms with E-state index in [1.807, 2.05) is 6.92 Å². The third kappa shape index (κ3) is 2.55. The maximum absolute atomic E-state index is 11.6. The molecule has 1 heterocycles. The van der Waals surface area contributed by atoms with Crippen LogP contribution in [-0.2, 0) is 11.2 Å². The van der Waals surface area contributed by atoms with Crippen LogP contribution < -0.4 is 5.73 Å². The second kappa shape index (κ2) is 5.34. The lowest BCUT2D eigenvalue weighted by atomic mass is 9.96. The lowest BCUT2D eigenvalue weighted by Gasteiger charge is -2.10. The molecule has 0 aliphatic rings. The molecule has 0 spiro atoms. The zero-order valence-corrected chi connectivity index (χ0v) is 11.1. The Bertz CT molecular complexity index is 385. The number of nitrogens with two attached hydrogens (primary N) is 1. The van der Waals surface area contributed by atoms with Gasteiger partial charge in [0.15, 0.2) is 0 Å². The summed E-state index contributed by atoms with van der Waals surface area (Å²) >= 11 is 1.47. The molecule has 0 amide bonds. The topological polar surface area (TPSA) is 52.3 Å². The SMILES string of the molecule is CCC(C)Cc1c(C)sc(N)c1C(=O)OC. The van der Waals surface area contributed by atoms with Gasteiger partial charge in [-0.05, 0) is 24.8 Å². The lowest BCUT2D eigenvalue weighted by Crippen LogP contribution is -2.09. The molecule has 0 saturated heterocycles. The number of nitrogen functional groups attached to an aromatic ring is 1. The molecule has 0 aromatic carbocycles. The number of hydrogen-bond donors (Lipinski definition) is 1. The summed E-state index contributed by atoms with van der Waals surface area (Å²) in [6.45, 7) is 6.33. The third-order valence-electron chi connectivity index (χ3n) is 2.88. The molecule has 1 aromatic rings. The van der Waals surface area contributed by atoms with Crippen LogP contribution in [0.5, 0.6) is 0 Å². The fourth-order valence-corrected chi connectivity index (χ4v) is 2.61. The summed E-state index contributed by atoms with van der Waals surface area (Å²) in [7, 11) is 1.39. The number of aryl methyl sites for hydroxylation is 1. The van der Waals surface area contributed by atoms with Gasteiger partial charge >= 0.3 is 5.97 Å². The fraction of sp³-hybridized carbons (Fsp3) is 0.583. The van der Waals surface area contributed by atoms with E-state index in [9.17, 15) is 4.79 Å². The highest BCUT2D eigenvalue weighted by Crippen LogP contribution is 2.33. The summed E-state index contributed by atoms with van der Waals surface area (Å²) < 4.78 is 4.77. The van der Waals surface area contributed by atoms with Gasteiger partial charge in [-0.1, -0.05) is 20.3 Å². The Hall–Kier alpha value is -1.03. The van der Waals surface area contributed by atoms with Gasteiger partial charge in [-0.2, -0.15) is 0 Å². The first-order valence-electron chi connectivity index (χ1n) is 5.47. The van der Waals surface area contributed by atoms with Crippen molar-refractivity contribution in [1.29, 1.82) is 0 Å². The van der Waals surface area contributed by atoms with Gasteiger partial charge in [-0.15, -0.1) is 11.3 Å². The molecule has 3 nitrogen and oxygen atoms in total. The number of rotatable bonds is 4. The van der Waals surface area contributed by atoms with Crippen LogP contribution in [0.2, 0.25) is 0 Å². The Morgan fingerprint density at radius 3 is 2.69 bits per heavy atom. The van der Waals surface area contributed by atoms with E-state index in [1.165, 1.54) is 18.4 Å². The summed E-state index contributed by atoms with van der Waals surface area (Å²) in [6.07, 6.45) is 1.98. The Morgan fingerprint density at radius 2 is 2.19 bits per heavy atom. The molecule has 0 bridgehead atoms. The molecule has 0 radical (unpaired) electrons. The van der Waals surface area contributed by atoms with Gasteiger partial charge in [0.1, 0.15) is 5.00 Å². The van der Waals surface area contributed by atoms with Crippen molar-refractivity contribution in [3.05, 3.63) is 16.0 Å². The Kier molecular flexibility index (Phi) is 4.35. The van der Waals surface area contributed by atoms with Crippen LogP contribution in [0.1, 0.15) is 41.1 Å². The average molecular weight is 241 g/mol. The largest absolute Gasteiger partial charge is 0.465 e. The summed E-state index contributed by atoms with van der Waals surface area (Å²) in [5.41, 5.74) is 7.49. The zero-order chi connectivity index (χ0) is 12.3. The van der Waals surface area contributed by atoms with Gasteiger partial charge in [0.05, 0.1) is 12.7 Å². The van der Waals surface area contributed by atoms with Gasteiger partial charge in [-0.3, -0.25) is 0 Å². The molecule has 0 aliphatic carbocycles. The van der Waals surface area contributed by atoms with Gasteiger partial charge in [0.2, 0.25) is 0 Å². The van der Waals surface area contributed by atoms with E-state index < -0.39 is 0 Å². The number of methoxy groups -OCH3 is 1. The normalized spacial score (nSPS) is 12.5. The van der Waals surface area contributed by atoms with Crippen LogP contribution in [0, 0.1) is 12.8 Å². The second-order valence-corrected chi connectivity index (χ2v) is 5.34. The first-order valence-corrected chi connectivity index (χ1v) is 6.28. The van der Waals surface area contributed by atoms with Crippen molar-refractivity contribution in [2.45, 2.75) is 33.6 Å². The van der Waals surface area contributed by atoms with Crippen LogP contribution in [-0.4, -0.2) is 13.1 Å². The molecule has 0 fully saturated rings. The van der Waals surface area contributed by atoms with Crippen LogP contribution in [0.4, 0.5) is 5.00 Å². The molecule has 16 heavy (non-hydrogen) atoms. The summed E-state index contributed by atoms with van der Waals surface area (Å²) in [6, 6.07) is 0. The summed E-state index contributed by atoms with van der Waals surface area (Å²) in [5.74, 6) is 0.233. The van der Waals surface area contributed by atoms with Crippen molar-refractivity contribution in [2.75, 3.05) is 12.8 Å². The number of carbonyl (C=O) groups is 1. The minimum absolute atomic E-state index is 0.319. The van der Waals surface area contributed by atoms with E-state index >= 15 is 0 Å². The molecule has 2 N–H and O–H groups in total. The smallest absolute Gasteiger partial charge is 0.341 e. The molecule has 90 valence electrons. The van der Waals surface area contributed by atoms with Crippen LogP contribution in [0.15, 0.2) is 0 Å². The van der Waals surface area contributed by atoms with Gasteiger partial charge < -0.3 is 10.5 Å². The van der Waals surface area contributed by atoms with Crippen LogP contribution >= 0.6 is 11.3 Å². The Balaban J connectivity index is 3.10. The van der Waals surface area contributed by atoms with E-state index in [0.29, 0.717) is 16.5 Å². The van der Waals surface area contributed by atoms with Crippen molar-refractivity contribution in [2.24, 2.45) is 5.92 Å². The zero-order valence-electron chi connectivity index (χ0n) is 10.3. The van der Waals surface area contributed by atoms with Crippen molar-refractivity contribution in [3.8, 4) is 0 Å². The van der Waals surface area contributed by atoms with Gasteiger partial charge in [0.25, 0.3) is 0 Å². The van der Waals surface area contributed by atoms with E-state index in [0.717, 1.165) is 23.3 Å². The maximum atomic E-state index is 11.6. The van der Waals surface area contributed by atoms with Gasteiger partial charge in [-0.25, -0.2) is 4.79 Å². The molecular formula is C12H19NO2S. The Labute approximate surface area is 101 Å². The van der Waals surface area contributed by atoms with Crippen molar-refractivity contribution >= 4 is 22.3 Å². The highest BCUT2D eigenvalue weighted by Gasteiger charge is 2.21. The first-order chi connectivity index (χ1) is 7.51. The quantitative estimate of drug-likeness (QED) is 0.824. The maximum Gasteiger partial charge on any atom is 0.341 e. The van der Waals surface area contributed by atoms with E-state index in [4.69, 9.17) is 10.5 Å². The molecule has 4 heteroatoms. The summed E-state index contributed by atoms with van der Waals surface area (Å²) in [4.78, 5) is 12.8. The van der Waals surface area contributed by atoms with Gasteiger partial charge in [0, 0.05) is 4.88 Å². The third-order valence-corrected chi connectivity index (χ3v) is 3.85. The minimum Gasteiger partial charge on any atom is -0.465 e. The molecule has 1 unspecified atom stereocenters. The van der Waals surface area contributed by atoms with E-state index in [2.05, 4.69) is 13.8 Å². The number of anilines is 1. The number of hydrogen-bond acceptors (Lipinski definition) is 4. The molecule has 1 atom stereocenters. The predicted octanol–water partition coefficient (Wildman–Crippen LogP) is 3.01. The highest BCUT2D eigenvalue weighted by atomic mass is 32.1. The van der Waals surface area contributed by atoms with Crippen molar-refractivity contribution < 1.29 is 9.53 Å². The van der Waals surface area contributed by atoms with Crippen molar-refractivity contribution in [3.63, 3.8) is 0 Å². The van der Waals surface area contributed by atoms with Crippen LogP contribution in [0.3, 0.4) is 0 Å². The summed E-state index contributed by atoms with van der Waals surface area (Å²) in [5, 5.41) is 0.572. The van der Waals surface area contributed by atoms with Crippen LogP contribution in [0.25, 0.3) is 0 Å². The van der Waals surface area contributed by atoms with E-state index in [-0.39, 0.29) is 5.97 Å². The first kappa shape index (κ1) is 13.0. The van der Waals surface area contributed by atoms with E-state index in [1.54, 1.807) is 0 Å². The molecule has 0 aliphatic heterocycles. The average Bonchev–Trinajstić information content (AvgIpc) is 2.53. The highest BCUT2D eigenvalue weighted by molar-refractivity contribution is 7.16. The number of ether oxygens (including phenoxy) is 1. The fourth-order valence-electron chi connectivity index (χ4n) is 1.67. The second-order valence-electron chi connectivity index (χ2n) is 4.09. The number of esters is 1. The predicted molar refractivity (Wildman–Crippen MR) is 68.0 cm³/mol. The lowest BCUT2D eigenvalue weighted by molar-refractivity contribution is 0.0601. The van der Waals surface area contributed by atoms with Crippen molar-refractivity contribution in [1.82, 2.24) is 0 Å². The Morgan fingerprint density at radius 1 is 1.56 bits per heavy atom. The number of thiophene rings is 1. The molecule has 1 rings (SSSR count). The molecular weight excluding hydrogens is 222 g/mol. The minimum atomic E-state index is -0.319. The standard InChI is InChI=1S/C12H19NO2S/c1-5-7(2)6-9-8(3)16-11(13)10(9)12(14)15-4/h7H,5-6,13H2,1-4H3. The number of carbonyl (C=O) groups excluding carboxylic acids is 1. The molecule has 0 saturated carbocycles. The molecule has 1 aromatic heterocycles.